The van der Waals surface area contributed by atoms with Gasteiger partial charge in [0.25, 0.3) is 11.8 Å². The average molecular weight is 783 g/mol. The number of ether oxygens (including phenoxy) is 2. The molecule has 3 heterocycles. The van der Waals surface area contributed by atoms with E-state index < -0.39 is 17.8 Å². The first-order valence-electron chi connectivity index (χ1n) is 18.2. The minimum Gasteiger partial charge on any atom is -0.493 e. The van der Waals surface area contributed by atoms with Crippen molar-refractivity contribution < 1.29 is 23.9 Å². The number of hydrogen-bond donors (Lipinski definition) is 1. The van der Waals surface area contributed by atoms with E-state index in [1.54, 1.807) is 12.1 Å². The topological polar surface area (TPSA) is 88.2 Å². The van der Waals surface area contributed by atoms with Gasteiger partial charge in [0.2, 0.25) is 0 Å². The molecule has 5 aromatic carbocycles. The van der Waals surface area contributed by atoms with Crippen LogP contribution in [0.5, 0.6) is 11.5 Å². The minimum absolute atomic E-state index is 0.0749. The molecule has 0 aromatic heterocycles. The SMILES string of the molecule is COc1cc(/C=C2\C(=O)NC(=O)N(c3cc4c5c(c3)[C@@H](c3ccccc3)CCN5CC[C@@H]4c3ccccc3)C2=O)cc(Br)c1OCc1ccc(C)c(C)c1. The highest BCUT2D eigenvalue weighted by molar-refractivity contribution is 9.10. The molecule has 0 bridgehead atoms. The van der Waals surface area contributed by atoms with Crippen LogP contribution in [0.15, 0.2) is 113 Å². The van der Waals surface area contributed by atoms with E-state index in [0.717, 1.165) is 47.5 Å². The first kappa shape index (κ1) is 35.4. The van der Waals surface area contributed by atoms with Gasteiger partial charge in [0, 0.05) is 30.6 Å². The fraction of sp³-hybridized carbons (Fsp3) is 0.222. The third kappa shape index (κ3) is 6.57. The fourth-order valence-electron chi connectivity index (χ4n) is 8.04. The zero-order chi connectivity index (χ0) is 37.5. The molecule has 9 heteroatoms. The number of methoxy groups -OCH3 is 1. The summed E-state index contributed by atoms with van der Waals surface area (Å²) in [6.45, 7) is 6.29. The Morgan fingerprint density at radius 1 is 0.796 bits per heavy atom. The molecule has 0 unspecified atom stereocenters. The molecule has 1 fully saturated rings. The maximum atomic E-state index is 14.4. The van der Waals surface area contributed by atoms with Crippen molar-refractivity contribution in [2.24, 2.45) is 0 Å². The van der Waals surface area contributed by atoms with Gasteiger partial charge in [-0.15, -0.1) is 0 Å². The first-order valence-corrected chi connectivity index (χ1v) is 19.0. The van der Waals surface area contributed by atoms with Gasteiger partial charge >= 0.3 is 6.03 Å². The Morgan fingerprint density at radius 2 is 1.43 bits per heavy atom. The van der Waals surface area contributed by atoms with Gasteiger partial charge in [-0.05, 0) is 117 Å². The zero-order valence-corrected chi connectivity index (χ0v) is 32.0. The number of hydrogen-bond acceptors (Lipinski definition) is 6. The lowest BCUT2D eigenvalue weighted by Crippen LogP contribution is -2.54. The highest BCUT2D eigenvalue weighted by atomic mass is 79.9. The van der Waals surface area contributed by atoms with Crippen LogP contribution in [0, 0.1) is 13.8 Å². The Labute approximate surface area is 323 Å². The van der Waals surface area contributed by atoms with Crippen LogP contribution < -0.4 is 24.6 Å². The number of aryl methyl sites for hydroxylation is 2. The molecule has 8 nitrogen and oxygen atoms in total. The molecule has 4 amide bonds. The van der Waals surface area contributed by atoms with E-state index in [2.05, 4.69) is 76.4 Å². The summed E-state index contributed by atoms with van der Waals surface area (Å²) in [5, 5.41) is 2.44. The van der Waals surface area contributed by atoms with E-state index in [4.69, 9.17) is 9.47 Å². The summed E-state index contributed by atoms with van der Waals surface area (Å²) in [6.07, 6.45) is 3.29. The Hall–Kier alpha value is -5.67. The summed E-state index contributed by atoms with van der Waals surface area (Å²) in [5.41, 5.74) is 9.89. The number of carbonyl (C=O) groups is 3. The quantitative estimate of drug-likeness (QED) is 0.125. The van der Waals surface area contributed by atoms with E-state index >= 15 is 0 Å². The number of nitrogens with one attached hydrogen (secondary N) is 1. The van der Waals surface area contributed by atoms with Gasteiger partial charge in [0.05, 0.1) is 17.3 Å². The molecule has 272 valence electrons. The second kappa shape index (κ2) is 14.6. The van der Waals surface area contributed by atoms with Gasteiger partial charge in [-0.1, -0.05) is 78.9 Å². The number of imide groups is 2. The number of barbiturate groups is 1. The average Bonchev–Trinajstić information content (AvgIpc) is 3.18. The molecule has 1 N–H and O–H groups in total. The number of carbonyl (C=O) groups excluding carboxylic acids is 3. The molecule has 2 atom stereocenters. The van der Waals surface area contributed by atoms with Crippen LogP contribution in [-0.2, 0) is 16.2 Å². The van der Waals surface area contributed by atoms with Gasteiger partial charge in [-0.25, -0.2) is 9.69 Å². The number of nitrogens with zero attached hydrogens (tertiary/aromatic N) is 2. The molecule has 1 saturated heterocycles. The van der Waals surface area contributed by atoms with Gasteiger partial charge in [-0.3, -0.25) is 14.9 Å². The lowest BCUT2D eigenvalue weighted by Gasteiger charge is -2.44. The van der Waals surface area contributed by atoms with Gasteiger partial charge in [0.15, 0.2) is 11.5 Å². The number of urea groups is 1. The fourth-order valence-corrected chi connectivity index (χ4v) is 8.61. The predicted molar refractivity (Wildman–Crippen MR) is 214 cm³/mol. The van der Waals surface area contributed by atoms with Crippen molar-refractivity contribution in [2.75, 3.05) is 30.0 Å². The Bertz CT molecular complexity index is 2250. The maximum Gasteiger partial charge on any atom is 0.335 e. The molecular weight excluding hydrogens is 742 g/mol. The lowest BCUT2D eigenvalue weighted by molar-refractivity contribution is -0.122. The van der Waals surface area contributed by atoms with E-state index in [0.29, 0.717) is 33.8 Å². The van der Waals surface area contributed by atoms with Crippen molar-refractivity contribution >= 4 is 51.2 Å². The molecule has 3 aliphatic heterocycles. The summed E-state index contributed by atoms with van der Waals surface area (Å²) in [4.78, 5) is 45.0. The summed E-state index contributed by atoms with van der Waals surface area (Å²) in [6, 6.07) is 33.6. The standard InChI is InChI=1S/C45H40BrN3O5/c1-27-14-15-29(20-28(27)2)26-54-42-39(46)22-30(23-40(42)53-3)21-38-43(50)47-45(52)49(44(38)51)33-24-36-34(31-10-6-4-7-11-31)16-18-48-19-17-35(37(25-33)41(36)48)32-12-8-5-9-13-32/h4-15,20-25,34-35H,16-19,26H2,1-3H3,(H,47,50,52)/b38-21+/t34-,35-/m1/s1. The molecule has 0 spiro atoms. The molecule has 54 heavy (non-hydrogen) atoms. The van der Waals surface area contributed by atoms with Crippen LogP contribution in [0.2, 0.25) is 0 Å². The van der Waals surface area contributed by atoms with E-state index in [9.17, 15) is 14.4 Å². The van der Waals surface area contributed by atoms with Gasteiger partial charge < -0.3 is 14.4 Å². The summed E-state index contributed by atoms with van der Waals surface area (Å²) < 4.78 is 12.5. The lowest BCUT2D eigenvalue weighted by atomic mass is 9.76. The van der Waals surface area contributed by atoms with Crippen molar-refractivity contribution in [1.82, 2.24) is 5.32 Å². The minimum atomic E-state index is -0.779. The van der Waals surface area contributed by atoms with Crippen LogP contribution in [0.25, 0.3) is 6.08 Å². The van der Waals surface area contributed by atoms with Crippen molar-refractivity contribution in [3.8, 4) is 11.5 Å². The molecule has 8 rings (SSSR count). The van der Waals surface area contributed by atoms with Crippen LogP contribution >= 0.6 is 15.9 Å². The third-order valence-electron chi connectivity index (χ3n) is 10.9. The Balaban J connectivity index is 1.18. The van der Waals surface area contributed by atoms with Crippen molar-refractivity contribution in [2.45, 2.75) is 45.1 Å². The second-order valence-electron chi connectivity index (χ2n) is 14.2. The molecule has 0 radical (unpaired) electrons. The normalized spacial score (nSPS) is 18.7. The number of anilines is 2. The summed E-state index contributed by atoms with van der Waals surface area (Å²) >= 11 is 3.61. The van der Waals surface area contributed by atoms with Gasteiger partial charge in [0.1, 0.15) is 12.2 Å². The molecule has 5 aromatic rings. The highest BCUT2D eigenvalue weighted by Gasteiger charge is 2.40. The molecular formula is C45H40BrN3O5. The monoisotopic (exact) mass is 781 g/mol. The second-order valence-corrected chi connectivity index (χ2v) is 15.0. The Morgan fingerprint density at radius 3 is 2.02 bits per heavy atom. The largest absolute Gasteiger partial charge is 0.493 e. The first-order chi connectivity index (χ1) is 26.2. The zero-order valence-electron chi connectivity index (χ0n) is 30.4. The van der Waals surface area contributed by atoms with E-state index in [1.807, 2.05) is 54.6 Å². The number of amides is 4. The van der Waals surface area contributed by atoms with Crippen LogP contribution in [0.4, 0.5) is 16.2 Å². The molecule has 3 aliphatic rings. The summed E-state index contributed by atoms with van der Waals surface area (Å²) in [7, 11) is 1.54. The molecule has 0 saturated carbocycles. The van der Waals surface area contributed by atoms with Crippen molar-refractivity contribution in [3.63, 3.8) is 0 Å². The van der Waals surface area contributed by atoms with Crippen LogP contribution in [-0.4, -0.2) is 38.0 Å². The van der Waals surface area contributed by atoms with Crippen molar-refractivity contribution in [3.05, 3.63) is 158 Å². The maximum absolute atomic E-state index is 14.4. The number of benzene rings is 5. The number of halogens is 1. The molecule has 0 aliphatic carbocycles. The van der Waals surface area contributed by atoms with E-state index in [1.165, 1.54) is 41.1 Å². The predicted octanol–water partition coefficient (Wildman–Crippen LogP) is 9.20. The third-order valence-corrected chi connectivity index (χ3v) is 11.5. The van der Waals surface area contributed by atoms with Crippen LogP contribution in [0.1, 0.15) is 69.2 Å². The summed E-state index contributed by atoms with van der Waals surface area (Å²) in [5.74, 6) is -0.393. The van der Waals surface area contributed by atoms with Crippen molar-refractivity contribution in [1.29, 1.82) is 0 Å². The smallest absolute Gasteiger partial charge is 0.335 e. The highest BCUT2D eigenvalue weighted by Crippen LogP contribution is 2.50. The van der Waals surface area contributed by atoms with E-state index in [-0.39, 0.29) is 17.4 Å². The van der Waals surface area contributed by atoms with Gasteiger partial charge in [-0.2, -0.15) is 0 Å². The Kier molecular flexibility index (Phi) is 9.58. The number of rotatable bonds is 8. The van der Waals surface area contributed by atoms with Crippen LogP contribution in [0.3, 0.4) is 0 Å².